The van der Waals surface area contributed by atoms with Crippen LogP contribution in [0.3, 0.4) is 0 Å². The number of nitrogens with zero attached hydrogens (tertiary/aromatic N) is 1. The number of hydrogen-bond donors (Lipinski definition) is 1. The van der Waals surface area contributed by atoms with Gasteiger partial charge in [0.15, 0.2) is 0 Å². The molecule has 0 spiro atoms. The average molecular weight is 383 g/mol. The Morgan fingerprint density at radius 1 is 1.36 bits per heavy atom. The van der Waals surface area contributed by atoms with Crippen molar-refractivity contribution >= 4 is 39.3 Å². The van der Waals surface area contributed by atoms with Gasteiger partial charge in [-0.2, -0.15) is 0 Å². The van der Waals surface area contributed by atoms with Gasteiger partial charge in [-0.25, -0.2) is 4.79 Å². The monoisotopic (exact) mass is 382 g/mol. The maximum Gasteiger partial charge on any atom is 0.414 e. The molecule has 1 aromatic rings. The Labute approximate surface area is 157 Å². The van der Waals surface area contributed by atoms with Crippen molar-refractivity contribution < 1.29 is 14.3 Å². The molecule has 2 amide bonds. The van der Waals surface area contributed by atoms with Crippen LogP contribution in [-0.2, 0) is 4.79 Å². The lowest BCUT2D eigenvalue weighted by molar-refractivity contribution is -0.116. The first-order valence-corrected chi connectivity index (χ1v) is 11.1. The molecule has 2 rings (SSSR count). The molecule has 138 valence electrons. The van der Waals surface area contributed by atoms with Gasteiger partial charge >= 0.3 is 6.09 Å². The van der Waals surface area contributed by atoms with Crippen LogP contribution in [0, 0.1) is 0 Å². The number of rotatable bonds is 8. The SMILES string of the molecule is CCN(C)C(=O)Oc1cccc(NC(=O)CCCCC2CCSS2)c1. The van der Waals surface area contributed by atoms with E-state index >= 15 is 0 Å². The maximum absolute atomic E-state index is 12.1. The molecule has 1 aromatic carbocycles. The number of amides is 2. The Bertz CT molecular complexity index is 577. The van der Waals surface area contributed by atoms with Crippen LogP contribution < -0.4 is 10.1 Å². The number of unbranched alkanes of at least 4 members (excludes halogenated alkanes) is 1. The minimum absolute atomic E-state index is 0.00241. The van der Waals surface area contributed by atoms with Gasteiger partial charge in [0.2, 0.25) is 5.91 Å². The van der Waals surface area contributed by atoms with Gasteiger partial charge in [0.1, 0.15) is 5.75 Å². The third-order valence-corrected chi connectivity index (χ3v) is 7.02. The Hall–Kier alpha value is -1.34. The third kappa shape index (κ3) is 7.20. The molecule has 1 atom stereocenters. The molecule has 25 heavy (non-hydrogen) atoms. The van der Waals surface area contributed by atoms with Crippen LogP contribution in [0.25, 0.3) is 0 Å². The van der Waals surface area contributed by atoms with Gasteiger partial charge in [-0.3, -0.25) is 4.79 Å². The van der Waals surface area contributed by atoms with Crippen LogP contribution in [0.2, 0.25) is 0 Å². The highest BCUT2D eigenvalue weighted by atomic mass is 33.1. The predicted octanol–water partition coefficient (Wildman–Crippen LogP) is 4.79. The Kier molecular flexibility index (Phi) is 8.48. The molecule has 0 saturated carbocycles. The van der Waals surface area contributed by atoms with Crippen molar-refractivity contribution in [3.63, 3.8) is 0 Å². The summed E-state index contributed by atoms with van der Waals surface area (Å²) in [6.45, 7) is 2.45. The molecular weight excluding hydrogens is 356 g/mol. The summed E-state index contributed by atoms with van der Waals surface area (Å²) in [5.41, 5.74) is 0.650. The van der Waals surface area contributed by atoms with Crippen LogP contribution in [0.5, 0.6) is 5.75 Å². The van der Waals surface area contributed by atoms with Gasteiger partial charge in [-0.15, -0.1) is 0 Å². The van der Waals surface area contributed by atoms with E-state index in [9.17, 15) is 9.59 Å². The second kappa shape index (κ2) is 10.6. The lowest BCUT2D eigenvalue weighted by Crippen LogP contribution is -2.29. The van der Waals surface area contributed by atoms with E-state index in [0.29, 0.717) is 24.4 Å². The zero-order valence-electron chi connectivity index (χ0n) is 14.8. The van der Waals surface area contributed by atoms with Gasteiger partial charge in [-0.1, -0.05) is 34.1 Å². The second-order valence-corrected chi connectivity index (χ2v) is 8.82. The van der Waals surface area contributed by atoms with Crippen LogP contribution in [0.15, 0.2) is 24.3 Å². The highest BCUT2D eigenvalue weighted by molar-refractivity contribution is 8.77. The molecule has 1 saturated heterocycles. The van der Waals surface area contributed by atoms with Crippen molar-refractivity contribution in [2.24, 2.45) is 0 Å². The lowest BCUT2D eigenvalue weighted by Gasteiger charge is -2.14. The number of carbonyl (C=O) groups excluding carboxylic acids is 2. The van der Waals surface area contributed by atoms with E-state index in [0.717, 1.165) is 18.1 Å². The van der Waals surface area contributed by atoms with Gasteiger partial charge in [-0.05, 0) is 38.3 Å². The smallest absolute Gasteiger partial charge is 0.410 e. The standard InChI is InChI=1S/C18H26N2O3S2/c1-3-20(2)18(22)23-15-8-6-7-14(13-15)19-17(21)10-5-4-9-16-11-12-24-25-16/h6-8,13,16H,3-5,9-12H2,1-2H3,(H,19,21). The number of ether oxygens (including phenoxy) is 1. The summed E-state index contributed by atoms with van der Waals surface area (Å²) in [6, 6.07) is 6.93. The molecular formula is C18H26N2O3S2. The summed E-state index contributed by atoms with van der Waals surface area (Å²) >= 11 is 0. The van der Waals surface area contributed by atoms with Crippen LogP contribution in [-0.4, -0.2) is 41.5 Å². The molecule has 1 unspecified atom stereocenters. The van der Waals surface area contributed by atoms with E-state index in [-0.39, 0.29) is 5.91 Å². The zero-order valence-corrected chi connectivity index (χ0v) is 16.5. The largest absolute Gasteiger partial charge is 0.414 e. The number of hydrogen-bond acceptors (Lipinski definition) is 5. The van der Waals surface area contributed by atoms with E-state index in [4.69, 9.17) is 4.74 Å². The summed E-state index contributed by atoms with van der Waals surface area (Å²) in [5, 5.41) is 3.64. The third-order valence-electron chi connectivity index (χ3n) is 4.02. The normalized spacial score (nSPS) is 16.5. The summed E-state index contributed by atoms with van der Waals surface area (Å²) in [7, 11) is 5.62. The van der Waals surface area contributed by atoms with Gasteiger partial charge in [0.05, 0.1) is 0 Å². The molecule has 1 aliphatic heterocycles. The molecule has 0 aromatic heterocycles. The molecule has 1 heterocycles. The summed E-state index contributed by atoms with van der Waals surface area (Å²) in [4.78, 5) is 25.3. The topological polar surface area (TPSA) is 58.6 Å². The molecule has 1 aliphatic rings. The van der Waals surface area contributed by atoms with Crippen LogP contribution in [0.1, 0.15) is 39.0 Å². The lowest BCUT2D eigenvalue weighted by atomic mass is 10.1. The van der Waals surface area contributed by atoms with Crippen molar-refractivity contribution in [2.45, 2.75) is 44.3 Å². The van der Waals surface area contributed by atoms with Crippen molar-refractivity contribution in [3.05, 3.63) is 24.3 Å². The quantitative estimate of drug-likeness (QED) is 0.517. The first kappa shape index (κ1) is 20.0. The summed E-state index contributed by atoms with van der Waals surface area (Å²) < 4.78 is 5.28. The van der Waals surface area contributed by atoms with Crippen molar-refractivity contribution in [2.75, 3.05) is 24.7 Å². The Balaban J connectivity index is 1.72. The van der Waals surface area contributed by atoms with Crippen LogP contribution >= 0.6 is 21.6 Å². The van der Waals surface area contributed by atoms with E-state index < -0.39 is 6.09 Å². The van der Waals surface area contributed by atoms with Crippen molar-refractivity contribution in [1.29, 1.82) is 0 Å². The predicted molar refractivity (Wildman–Crippen MR) is 106 cm³/mol. The number of benzene rings is 1. The number of nitrogens with one attached hydrogen (secondary N) is 1. The Morgan fingerprint density at radius 3 is 2.92 bits per heavy atom. The fraction of sp³-hybridized carbons (Fsp3) is 0.556. The molecule has 5 nitrogen and oxygen atoms in total. The molecule has 0 radical (unpaired) electrons. The summed E-state index contributed by atoms with van der Waals surface area (Å²) in [6.07, 6.45) is 4.60. The number of anilines is 1. The fourth-order valence-electron chi connectivity index (χ4n) is 2.39. The fourth-order valence-corrected chi connectivity index (χ4v) is 5.42. The number of carbonyl (C=O) groups is 2. The Morgan fingerprint density at radius 2 is 2.20 bits per heavy atom. The van der Waals surface area contributed by atoms with Gasteiger partial charge in [0, 0.05) is 42.8 Å². The van der Waals surface area contributed by atoms with E-state index in [1.807, 2.05) is 28.5 Å². The van der Waals surface area contributed by atoms with Crippen LogP contribution in [0.4, 0.5) is 10.5 Å². The molecule has 7 heteroatoms. The van der Waals surface area contributed by atoms with E-state index in [1.54, 1.807) is 31.3 Å². The molecule has 1 N–H and O–H groups in total. The maximum atomic E-state index is 12.1. The van der Waals surface area contributed by atoms with Crippen molar-refractivity contribution in [3.8, 4) is 5.75 Å². The average Bonchev–Trinajstić information content (AvgIpc) is 3.11. The molecule has 1 fully saturated rings. The minimum Gasteiger partial charge on any atom is -0.410 e. The summed E-state index contributed by atoms with van der Waals surface area (Å²) in [5.74, 6) is 1.69. The van der Waals surface area contributed by atoms with Crippen molar-refractivity contribution in [1.82, 2.24) is 4.90 Å². The highest BCUT2D eigenvalue weighted by Gasteiger charge is 2.16. The molecule has 0 aliphatic carbocycles. The van der Waals surface area contributed by atoms with Gasteiger partial charge < -0.3 is 15.0 Å². The first-order valence-electron chi connectivity index (χ1n) is 8.69. The van der Waals surface area contributed by atoms with Gasteiger partial charge in [0.25, 0.3) is 0 Å². The first-order chi connectivity index (χ1) is 12.1. The zero-order chi connectivity index (χ0) is 18.1. The minimum atomic E-state index is -0.408. The van der Waals surface area contributed by atoms with E-state index in [2.05, 4.69) is 5.32 Å². The van der Waals surface area contributed by atoms with E-state index in [1.165, 1.54) is 23.5 Å². The molecule has 0 bridgehead atoms. The highest BCUT2D eigenvalue weighted by Crippen LogP contribution is 2.39. The second-order valence-electron chi connectivity index (χ2n) is 6.03.